The van der Waals surface area contributed by atoms with Crippen LogP contribution in [0.3, 0.4) is 0 Å². The molecular weight excluding hydrogens is 294 g/mol. The molecule has 0 atom stereocenters. The third kappa shape index (κ3) is 4.24. The number of benzene rings is 2. The topological polar surface area (TPSA) is 68.5 Å². The van der Waals surface area contributed by atoms with E-state index in [1.165, 1.54) is 7.11 Å². The molecule has 0 saturated heterocycles. The normalized spacial score (nSPS) is 9.78. The molecule has 118 valence electrons. The highest BCUT2D eigenvalue weighted by atomic mass is 16.5. The van der Waals surface area contributed by atoms with E-state index >= 15 is 0 Å². The van der Waals surface area contributed by atoms with Crippen LogP contribution in [0.5, 0.6) is 11.5 Å². The molecule has 0 unspecified atom stereocenters. The van der Waals surface area contributed by atoms with Crippen LogP contribution in [0.4, 0.5) is 0 Å². The monoisotopic (exact) mass is 311 g/mol. The molecule has 0 N–H and O–H groups in total. The lowest BCUT2D eigenvalue weighted by Crippen LogP contribution is -2.06. The van der Waals surface area contributed by atoms with Crippen LogP contribution < -0.4 is 9.47 Å². The highest BCUT2D eigenvalue weighted by Crippen LogP contribution is 2.28. The fourth-order valence-corrected chi connectivity index (χ4v) is 2.03. The minimum Gasteiger partial charge on any atom is -0.493 e. The van der Waals surface area contributed by atoms with E-state index in [-0.39, 0.29) is 6.61 Å². The van der Waals surface area contributed by atoms with E-state index in [1.54, 1.807) is 42.5 Å². The van der Waals surface area contributed by atoms with Crippen molar-refractivity contribution < 1.29 is 19.0 Å². The number of nitriles is 1. The van der Waals surface area contributed by atoms with Gasteiger partial charge in [-0.05, 0) is 42.8 Å². The maximum Gasteiger partial charge on any atom is 0.338 e. The molecule has 5 heteroatoms. The first kappa shape index (κ1) is 16.4. The first-order chi connectivity index (χ1) is 11.2. The SMILES string of the molecule is CCOc1ccc(C(=O)OCc2cccc(C#N)c2)cc1OC. The second-order valence-corrected chi connectivity index (χ2v) is 4.69. The molecule has 0 aromatic heterocycles. The van der Waals surface area contributed by atoms with Crippen molar-refractivity contribution in [2.45, 2.75) is 13.5 Å². The Balaban J connectivity index is 2.07. The van der Waals surface area contributed by atoms with Gasteiger partial charge in [-0.15, -0.1) is 0 Å². The van der Waals surface area contributed by atoms with Gasteiger partial charge in [0.25, 0.3) is 0 Å². The number of carbonyl (C=O) groups is 1. The predicted octanol–water partition coefficient (Wildman–Crippen LogP) is 3.32. The number of esters is 1. The van der Waals surface area contributed by atoms with Gasteiger partial charge in [-0.1, -0.05) is 12.1 Å². The van der Waals surface area contributed by atoms with E-state index in [2.05, 4.69) is 0 Å². The van der Waals surface area contributed by atoms with Gasteiger partial charge < -0.3 is 14.2 Å². The third-order valence-electron chi connectivity index (χ3n) is 3.13. The molecule has 0 aliphatic rings. The molecule has 0 aliphatic heterocycles. The molecular formula is C18H17NO4. The molecule has 2 aromatic rings. The molecule has 2 aromatic carbocycles. The summed E-state index contributed by atoms with van der Waals surface area (Å²) in [6.07, 6.45) is 0. The second kappa shape index (κ2) is 7.85. The van der Waals surface area contributed by atoms with E-state index in [9.17, 15) is 4.79 Å². The third-order valence-corrected chi connectivity index (χ3v) is 3.13. The standard InChI is InChI=1S/C18H17NO4/c1-3-22-16-8-7-15(10-17(16)21-2)18(20)23-12-14-6-4-5-13(9-14)11-19/h4-10H,3,12H2,1-2H3. The average molecular weight is 311 g/mol. The summed E-state index contributed by atoms with van der Waals surface area (Å²) in [4.78, 5) is 12.1. The molecule has 2 rings (SSSR count). The van der Waals surface area contributed by atoms with Crippen molar-refractivity contribution in [1.82, 2.24) is 0 Å². The number of ether oxygens (including phenoxy) is 3. The maximum atomic E-state index is 12.1. The van der Waals surface area contributed by atoms with Crippen molar-refractivity contribution in [3.05, 3.63) is 59.2 Å². The summed E-state index contributed by atoms with van der Waals surface area (Å²) >= 11 is 0. The summed E-state index contributed by atoms with van der Waals surface area (Å²) < 4.78 is 15.9. The van der Waals surface area contributed by atoms with E-state index in [0.29, 0.717) is 29.2 Å². The molecule has 0 saturated carbocycles. The average Bonchev–Trinajstić information content (AvgIpc) is 2.60. The Hall–Kier alpha value is -3.00. The van der Waals surface area contributed by atoms with Gasteiger partial charge in [-0.3, -0.25) is 0 Å². The molecule has 0 radical (unpaired) electrons. The second-order valence-electron chi connectivity index (χ2n) is 4.69. The number of hydrogen-bond donors (Lipinski definition) is 0. The van der Waals surface area contributed by atoms with Crippen molar-refractivity contribution in [2.75, 3.05) is 13.7 Å². The van der Waals surface area contributed by atoms with Crippen molar-refractivity contribution in [2.24, 2.45) is 0 Å². The molecule has 23 heavy (non-hydrogen) atoms. The van der Waals surface area contributed by atoms with Gasteiger partial charge in [0.1, 0.15) is 6.61 Å². The first-order valence-electron chi connectivity index (χ1n) is 7.15. The van der Waals surface area contributed by atoms with Gasteiger partial charge in [0.15, 0.2) is 11.5 Å². The Labute approximate surface area is 135 Å². The number of methoxy groups -OCH3 is 1. The Morgan fingerprint density at radius 2 is 2.00 bits per heavy atom. The lowest BCUT2D eigenvalue weighted by molar-refractivity contribution is 0.0472. The van der Waals surface area contributed by atoms with Crippen LogP contribution in [-0.2, 0) is 11.3 Å². The molecule has 0 fully saturated rings. The van der Waals surface area contributed by atoms with Gasteiger partial charge >= 0.3 is 5.97 Å². The zero-order valence-corrected chi connectivity index (χ0v) is 13.0. The molecule has 0 heterocycles. The van der Waals surface area contributed by atoms with Gasteiger partial charge in [-0.2, -0.15) is 5.26 Å². The summed E-state index contributed by atoms with van der Waals surface area (Å²) in [5, 5.41) is 8.86. The molecule has 0 spiro atoms. The van der Waals surface area contributed by atoms with Crippen LogP contribution in [0, 0.1) is 11.3 Å². The first-order valence-corrected chi connectivity index (χ1v) is 7.15. The van der Waals surface area contributed by atoms with Gasteiger partial charge in [0.05, 0.1) is 30.9 Å². The lowest BCUT2D eigenvalue weighted by Gasteiger charge is -2.11. The summed E-state index contributed by atoms with van der Waals surface area (Å²) in [5.41, 5.74) is 1.67. The van der Waals surface area contributed by atoms with Crippen molar-refractivity contribution >= 4 is 5.97 Å². The smallest absolute Gasteiger partial charge is 0.338 e. The zero-order chi connectivity index (χ0) is 16.7. The number of hydrogen-bond acceptors (Lipinski definition) is 5. The van der Waals surface area contributed by atoms with Crippen LogP contribution in [0.25, 0.3) is 0 Å². The van der Waals surface area contributed by atoms with Crippen molar-refractivity contribution in [3.8, 4) is 17.6 Å². The maximum absolute atomic E-state index is 12.1. The Bertz CT molecular complexity index is 734. The van der Waals surface area contributed by atoms with Crippen LogP contribution in [0.2, 0.25) is 0 Å². The minimum atomic E-state index is -0.464. The van der Waals surface area contributed by atoms with Gasteiger partial charge in [0, 0.05) is 0 Å². The van der Waals surface area contributed by atoms with Crippen molar-refractivity contribution in [3.63, 3.8) is 0 Å². The molecule has 5 nitrogen and oxygen atoms in total. The van der Waals surface area contributed by atoms with Crippen LogP contribution in [0.15, 0.2) is 42.5 Å². The quantitative estimate of drug-likeness (QED) is 0.765. The summed E-state index contributed by atoms with van der Waals surface area (Å²) in [6.45, 7) is 2.48. The molecule has 0 amide bonds. The van der Waals surface area contributed by atoms with Gasteiger partial charge in [-0.25, -0.2) is 4.79 Å². The van der Waals surface area contributed by atoms with E-state index in [4.69, 9.17) is 19.5 Å². The molecule has 0 bridgehead atoms. The van der Waals surface area contributed by atoms with E-state index < -0.39 is 5.97 Å². The van der Waals surface area contributed by atoms with E-state index in [0.717, 1.165) is 5.56 Å². The van der Waals surface area contributed by atoms with Crippen LogP contribution in [0.1, 0.15) is 28.4 Å². The summed E-state index contributed by atoms with van der Waals surface area (Å²) in [7, 11) is 1.51. The summed E-state index contributed by atoms with van der Waals surface area (Å²) in [6, 6.07) is 13.9. The Kier molecular flexibility index (Phi) is 5.59. The predicted molar refractivity (Wildman–Crippen MR) is 84.4 cm³/mol. The molecule has 0 aliphatic carbocycles. The zero-order valence-electron chi connectivity index (χ0n) is 13.0. The lowest BCUT2D eigenvalue weighted by atomic mass is 10.1. The number of rotatable bonds is 6. The Morgan fingerprint density at radius 3 is 2.70 bits per heavy atom. The highest BCUT2D eigenvalue weighted by molar-refractivity contribution is 5.90. The van der Waals surface area contributed by atoms with Crippen LogP contribution in [-0.4, -0.2) is 19.7 Å². The highest BCUT2D eigenvalue weighted by Gasteiger charge is 2.12. The van der Waals surface area contributed by atoms with Crippen molar-refractivity contribution in [1.29, 1.82) is 5.26 Å². The fourth-order valence-electron chi connectivity index (χ4n) is 2.03. The van der Waals surface area contributed by atoms with Gasteiger partial charge in [0.2, 0.25) is 0 Å². The summed E-state index contributed by atoms with van der Waals surface area (Å²) in [5.74, 6) is 0.592. The fraction of sp³-hybridized carbons (Fsp3) is 0.222. The number of nitrogens with zero attached hydrogens (tertiary/aromatic N) is 1. The minimum absolute atomic E-state index is 0.101. The largest absolute Gasteiger partial charge is 0.493 e. The Morgan fingerprint density at radius 1 is 1.17 bits per heavy atom. The van der Waals surface area contributed by atoms with E-state index in [1.807, 2.05) is 13.0 Å². The van der Waals surface area contributed by atoms with Crippen LogP contribution >= 0.6 is 0 Å². The number of carbonyl (C=O) groups excluding carboxylic acids is 1.